The number of methoxy groups -OCH3 is 1. The molecule has 0 amide bonds. The second-order valence-electron chi connectivity index (χ2n) is 6.63. The van der Waals surface area contributed by atoms with Gasteiger partial charge in [0.1, 0.15) is 11.2 Å². The van der Waals surface area contributed by atoms with Gasteiger partial charge >= 0.3 is 6.18 Å². The summed E-state index contributed by atoms with van der Waals surface area (Å²) in [6, 6.07) is 8.09. The van der Waals surface area contributed by atoms with Crippen molar-refractivity contribution in [2.75, 3.05) is 31.7 Å². The van der Waals surface area contributed by atoms with Crippen LogP contribution in [0, 0.1) is 11.3 Å². The molecular weight excluding hydrogens is 413 g/mol. The molecule has 3 aromatic rings. The lowest BCUT2D eigenvalue weighted by molar-refractivity contribution is -0.147. The molecular formula is C20H19F3N6O2. The average Bonchev–Trinajstić information content (AvgIpc) is 2.75. The average molecular weight is 432 g/mol. The van der Waals surface area contributed by atoms with E-state index in [-0.39, 0.29) is 22.7 Å². The minimum atomic E-state index is -4.84. The molecule has 0 bridgehead atoms. The summed E-state index contributed by atoms with van der Waals surface area (Å²) >= 11 is 0. The summed E-state index contributed by atoms with van der Waals surface area (Å²) in [5.74, 6) is -1.17. The Labute approximate surface area is 175 Å². The van der Waals surface area contributed by atoms with Gasteiger partial charge in [-0.2, -0.15) is 18.4 Å². The van der Waals surface area contributed by atoms with Crippen molar-refractivity contribution >= 4 is 17.0 Å². The van der Waals surface area contributed by atoms with Gasteiger partial charge < -0.3 is 9.64 Å². The van der Waals surface area contributed by atoms with Gasteiger partial charge in [0.25, 0.3) is 5.56 Å². The van der Waals surface area contributed by atoms with Crippen LogP contribution in [0.5, 0.6) is 0 Å². The highest BCUT2D eigenvalue weighted by molar-refractivity contribution is 5.89. The summed E-state index contributed by atoms with van der Waals surface area (Å²) in [6.07, 6.45) is -4.84. The third kappa shape index (κ3) is 4.34. The van der Waals surface area contributed by atoms with Crippen molar-refractivity contribution in [2.45, 2.75) is 13.1 Å². The molecule has 11 heteroatoms. The number of halogens is 3. The van der Waals surface area contributed by atoms with Crippen molar-refractivity contribution in [3.8, 4) is 17.3 Å². The number of alkyl halides is 3. The van der Waals surface area contributed by atoms with Gasteiger partial charge in [0.05, 0.1) is 18.2 Å². The molecule has 31 heavy (non-hydrogen) atoms. The number of likely N-dealkylation sites (N-methyl/N-ethyl adjacent to an activating group) is 1. The van der Waals surface area contributed by atoms with Gasteiger partial charge in [0.15, 0.2) is 5.52 Å². The normalized spacial score (nSPS) is 11.5. The third-order valence-corrected chi connectivity index (χ3v) is 4.69. The molecule has 2 heterocycles. The van der Waals surface area contributed by atoms with Crippen LogP contribution in [-0.4, -0.2) is 46.3 Å². The van der Waals surface area contributed by atoms with Crippen molar-refractivity contribution in [3.05, 3.63) is 46.0 Å². The molecule has 0 saturated carbocycles. The zero-order valence-corrected chi connectivity index (χ0v) is 17.1. The van der Waals surface area contributed by atoms with Crippen LogP contribution in [0.15, 0.2) is 29.1 Å². The molecule has 2 aromatic heterocycles. The minimum absolute atomic E-state index is 0.0727. The van der Waals surface area contributed by atoms with Crippen molar-refractivity contribution in [1.29, 1.82) is 5.26 Å². The molecule has 0 aliphatic heterocycles. The van der Waals surface area contributed by atoms with E-state index < -0.39 is 17.6 Å². The van der Waals surface area contributed by atoms with Crippen molar-refractivity contribution < 1.29 is 17.9 Å². The molecule has 0 fully saturated rings. The number of ether oxygens (including phenoxy) is 1. The molecule has 0 aliphatic carbocycles. The fraction of sp³-hybridized carbons (Fsp3) is 0.350. The molecule has 0 N–H and O–H groups in total. The summed E-state index contributed by atoms with van der Waals surface area (Å²) in [6.45, 7) is 3.12. The van der Waals surface area contributed by atoms with E-state index in [1.54, 1.807) is 17.0 Å². The summed E-state index contributed by atoms with van der Waals surface area (Å²) < 4.78 is 45.9. The predicted octanol–water partition coefficient (Wildman–Crippen LogP) is 2.75. The number of aromatic nitrogens is 4. The van der Waals surface area contributed by atoms with E-state index in [0.29, 0.717) is 35.4 Å². The van der Waals surface area contributed by atoms with Gasteiger partial charge in [-0.3, -0.25) is 9.36 Å². The molecule has 162 valence electrons. The van der Waals surface area contributed by atoms with Crippen LogP contribution >= 0.6 is 0 Å². The smallest absolute Gasteiger partial charge is 0.383 e. The van der Waals surface area contributed by atoms with E-state index in [2.05, 4.69) is 15.0 Å². The van der Waals surface area contributed by atoms with Crippen molar-refractivity contribution in [1.82, 2.24) is 19.5 Å². The summed E-state index contributed by atoms with van der Waals surface area (Å²) in [5, 5.41) is 9.02. The van der Waals surface area contributed by atoms with Crippen molar-refractivity contribution in [2.24, 2.45) is 7.05 Å². The third-order valence-electron chi connectivity index (χ3n) is 4.69. The quantitative estimate of drug-likeness (QED) is 0.591. The number of nitrogens with zero attached hydrogens (tertiary/aromatic N) is 6. The van der Waals surface area contributed by atoms with Gasteiger partial charge in [0.2, 0.25) is 11.8 Å². The van der Waals surface area contributed by atoms with Crippen LogP contribution in [0.1, 0.15) is 18.3 Å². The highest BCUT2D eigenvalue weighted by Crippen LogP contribution is 2.31. The van der Waals surface area contributed by atoms with Crippen LogP contribution in [-0.2, 0) is 18.0 Å². The predicted molar refractivity (Wildman–Crippen MR) is 107 cm³/mol. The first-order chi connectivity index (χ1) is 14.7. The van der Waals surface area contributed by atoms with Gasteiger partial charge in [-0.15, -0.1) is 0 Å². The number of anilines is 1. The Morgan fingerprint density at radius 2 is 1.84 bits per heavy atom. The fourth-order valence-corrected chi connectivity index (χ4v) is 3.03. The molecule has 3 rings (SSSR count). The molecule has 0 saturated heterocycles. The lowest BCUT2D eigenvalue weighted by Crippen LogP contribution is -2.31. The maximum absolute atomic E-state index is 13.5. The number of hydrogen-bond donors (Lipinski definition) is 0. The first-order valence-electron chi connectivity index (χ1n) is 9.31. The standard InChI is InChI=1S/C20H19F3N6O2/c1-4-29(9-10-31-3)19-26-14(13-7-5-12(11-24)6-8-13)15-16(27-19)17(30)28(2)18(25-15)20(21,22)23/h5-8H,4,9-10H2,1-3H3. The van der Waals surface area contributed by atoms with Crippen LogP contribution < -0.4 is 10.5 Å². The summed E-state index contributed by atoms with van der Waals surface area (Å²) in [5.41, 5.74) is -0.564. The minimum Gasteiger partial charge on any atom is -0.383 e. The van der Waals surface area contributed by atoms with Gasteiger partial charge in [-0.25, -0.2) is 15.0 Å². The molecule has 8 nitrogen and oxygen atoms in total. The van der Waals surface area contributed by atoms with Crippen LogP contribution in [0.4, 0.5) is 19.1 Å². The van der Waals surface area contributed by atoms with Gasteiger partial charge in [-0.05, 0) is 19.1 Å². The van der Waals surface area contributed by atoms with E-state index in [1.165, 1.54) is 19.2 Å². The Kier molecular flexibility index (Phi) is 6.21. The zero-order chi connectivity index (χ0) is 22.8. The van der Waals surface area contributed by atoms with E-state index in [1.807, 2.05) is 13.0 Å². The number of nitriles is 1. The van der Waals surface area contributed by atoms with Crippen LogP contribution in [0.25, 0.3) is 22.3 Å². The zero-order valence-electron chi connectivity index (χ0n) is 17.1. The second-order valence-corrected chi connectivity index (χ2v) is 6.63. The molecule has 0 atom stereocenters. The number of fused-ring (bicyclic) bond motifs is 1. The topological polar surface area (TPSA) is 96.9 Å². The van der Waals surface area contributed by atoms with E-state index in [0.717, 1.165) is 7.05 Å². The summed E-state index contributed by atoms with van der Waals surface area (Å²) in [4.78, 5) is 27.0. The van der Waals surface area contributed by atoms with Gasteiger partial charge in [-0.1, -0.05) is 12.1 Å². The van der Waals surface area contributed by atoms with Crippen molar-refractivity contribution in [3.63, 3.8) is 0 Å². The maximum atomic E-state index is 13.5. The molecule has 0 unspecified atom stereocenters. The fourth-order valence-electron chi connectivity index (χ4n) is 3.03. The highest BCUT2D eigenvalue weighted by Gasteiger charge is 2.37. The molecule has 1 aromatic carbocycles. The van der Waals surface area contributed by atoms with E-state index in [9.17, 15) is 18.0 Å². The number of hydrogen-bond acceptors (Lipinski definition) is 7. The van der Waals surface area contributed by atoms with Crippen LogP contribution in [0.2, 0.25) is 0 Å². The Bertz CT molecular complexity index is 1200. The number of rotatable bonds is 6. The molecule has 0 spiro atoms. The Morgan fingerprint density at radius 1 is 1.16 bits per heavy atom. The summed E-state index contributed by atoms with van der Waals surface area (Å²) in [7, 11) is 2.54. The monoisotopic (exact) mass is 432 g/mol. The SMILES string of the molecule is CCN(CCOC)c1nc(-c2ccc(C#N)cc2)c2nc(C(F)(F)F)n(C)c(=O)c2n1. The Hall–Kier alpha value is -3.52. The van der Waals surface area contributed by atoms with Gasteiger partial charge in [0, 0.05) is 32.8 Å². The van der Waals surface area contributed by atoms with E-state index in [4.69, 9.17) is 10.00 Å². The van der Waals surface area contributed by atoms with E-state index >= 15 is 0 Å². The van der Waals surface area contributed by atoms with Crippen LogP contribution in [0.3, 0.4) is 0 Å². The first-order valence-corrected chi connectivity index (χ1v) is 9.31. The maximum Gasteiger partial charge on any atom is 0.449 e. The highest BCUT2D eigenvalue weighted by atomic mass is 19.4. The first kappa shape index (κ1) is 22.2. The largest absolute Gasteiger partial charge is 0.449 e. The lowest BCUT2D eigenvalue weighted by atomic mass is 10.1. The Balaban J connectivity index is 2.36. The number of benzene rings is 1. The molecule has 0 radical (unpaired) electrons. The lowest BCUT2D eigenvalue weighted by Gasteiger charge is -2.22. The second kappa shape index (κ2) is 8.69. The Morgan fingerprint density at radius 3 is 2.39 bits per heavy atom. The molecule has 0 aliphatic rings.